The van der Waals surface area contributed by atoms with Crippen LogP contribution in [0.1, 0.15) is 5.56 Å². The number of benzene rings is 1. The van der Waals surface area contributed by atoms with Gasteiger partial charge in [0.25, 0.3) is 5.69 Å². The monoisotopic (exact) mass is 293 g/mol. The fourth-order valence-corrected chi connectivity index (χ4v) is 1.79. The van der Waals surface area contributed by atoms with Gasteiger partial charge in [-0.05, 0) is 24.7 Å². The standard InChI is InChI=1S/C13H12ClN3O3/c1-15-6-9-4-11(8-16-7-9)20-13-5-10(17(18)19)2-3-12(13)14/h2-5,7-8,15H,6H2,1H3. The number of halogens is 1. The zero-order chi connectivity index (χ0) is 14.5. The molecule has 0 spiro atoms. The molecule has 7 heteroatoms. The van der Waals surface area contributed by atoms with Crippen molar-refractivity contribution in [2.45, 2.75) is 6.54 Å². The van der Waals surface area contributed by atoms with Crippen LogP contribution in [0.5, 0.6) is 11.5 Å². The Morgan fingerprint density at radius 1 is 1.40 bits per heavy atom. The summed E-state index contributed by atoms with van der Waals surface area (Å²) in [6.45, 7) is 0.646. The van der Waals surface area contributed by atoms with Crippen molar-refractivity contribution in [3.63, 3.8) is 0 Å². The third kappa shape index (κ3) is 3.43. The highest BCUT2D eigenvalue weighted by molar-refractivity contribution is 6.32. The van der Waals surface area contributed by atoms with Crippen molar-refractivity contribution in [2.75, 3.05) is 7.05 Å². The average Bonchev–Trinajstić information content (AvgIpc) is 2.42. The van der Waals surface area contributed by atoms with Crippen LogP contribution >= 0.6 is 11.6 Å². The van der Waals surface area contributed by atoms with Crippen molar-refractivity contribution < 1.29 is 9.66 Å². The Kier molecular flexibility index (Phi) is 4.49. The van der Waals surface area contributed by atoms with Crippen LogP contribution in [0, 0.1) is 10.1 Å². The van der Waals surface area contributed by atoms with Crippen LogP contribution in [0.4, 0.5) is 5.69 Å². The van der Waals surface area contributed by atoms with E-state index in [1.807, 2.05) is 7.05 Å². The number of nitro benzene ring substituents is 1. The van der Waals surface area contributed by atoms with E-state index in [1.165, 1.54) is 24.4 Å². The SMILES string of the molecule is CNCc1cncc(Oc2cc([N+](=O)[O-])ccc2Cl)c1. The van der Waals surface area contributed by atoms with Crippen molar-refractivity contribution in [1.82, 2.24) is 10.3 Å². The predicted molar refractivity (Wildman–Crippen MR) is 75.2 cm³/mol. The number of hydrogen-bond acceptors (Lipinski definition) is 5. The van der Waals surface area contributed by atoms with Gasteiger partial charge in [0.1, 0.15) is 5.75 Å². The molecule has 0 saturated carbocycles. The largest absolute Gasteiger partial charge is 0.454 e. The first-order valence-electron chi connectivity index (χ1n) is 5.80. The summed E-state index contributed by atoms with van der Waals surface area (Å²) >= 11 is 5.97. The van der Waals surface area contributed by atoms with Gasteiger partial charge in [0, 0.05) is 18.8 Å². The minimum Gasteiger partial charge on any atom is -0.454 e. The van der Waals surface area contributed by atoms with E-state index in [4.69, 9.17) is 16.3 Å². The zero-order valence-corrected chi connectivity index (χ0v) is 11.4. The van der Waals surface area contributed by atoms with Crippen LogP contribution in [0.2, 0.25) is 5.02 Å². The van der Waals surface area contributed by atoms with Crippen LogP contribution in [0.15, 0.2) is 36.7 Å². The number of non-ortho nitro benzene ring substituents is 1. The second-order valence-electron chi connectivity index (χ2n) is 4.03. The van der Waals surface area contributed by atoms with Gasteiger partial charge in [-0.3, -0.25) is 15.1 Å². The van der Waals surface area contributed by atoms with E-state index in [1.54, 1.807) is 12.3 Å². The molecule has 1 aromatic carbocycles. The number of nitrogens with zero attached hydrogens (tertiary/aromatic N) is 2. The molecule has 20 heavy (non-hydrogen) atoms. The Balaban J connectivity index is 2.27. The number of aromatic nitrogens is 1. The maximum atomic E-state index is 10.7. The van der Waals surface area contributed by atoms with Crippen molar-refractivity contribution in [2.24, 2.45) is 0 Å². The van der Waals surface area contributed by atoms with Gasteiger partial charge < -0.3 is 10.1 Å². The van der Waals surface area contributed by atoms with Gasteiger partial charge in [0.05, 0.1) is 22.2 Å². The minimum atomic E-state index is -0.501. The summed E-state index contributed by atoms with van der Waals surface area (Å²) in [5, 5.41) is 14.0. The molecule has 0 fully saturated rings. The number of pyridine rings is 1. The molecule has 0 unspecified atom stereocenters. The van der Waals surface area contributed by atoms with Gasteiger partial charge in [-0.25, -0.2) is 0 Å². The van der Waals surface area contributed by atoms with E-state index in [-0.39, 0.29) is 11.4 Å². The molecule has 1 aromatic heterocycles. The second kappa shape index (κ2) is 6.31. The topological polar surface area (TPSA) is 77.3 Å². The molecule has 0 aliphatic heterocycles. The maximum absolute atomic E-state index is 10.7. The molecule has 104 valence electrons. The van der Waals surface area contributed by atoms with Crippen LogP contribution in [0.25, 0.3) is 0 Å². The first kappa shape index (κ1) is 14.2. The van der Waals surface area contributed by atoms with Gasteiger partial charge >= 0.3 is 0 Å². The van der Waals surface area contributed by atoms with Crippen molar-refractivity contribution >= 4 is 17.3 Å². The summed E-state index contributed by atoms with van der Waals surface area (Å²) in [4.78, 5) is 14.3. The average molecular weight is 294 g/mol. The number of ether oxygens (including phenoxy) is 1. The third-order valence-corrected chi connectivity index (χ3v) is 2.82. The van der Waals surface area contributed by atoms with E-state index in [9.17, 15) is 10.1 Å². The van der Waals surface area contributed by atoms with E-state index in [0.29, 0.717) is 17.3 Å². The first-order chi connectivity index (χ1) is 9.60. The van der Waals surface area contributed by atoms with Crippen LogP contribution in [0.3, 0.4) is 0 Å². The summed E-state index contributed by atoms with van der Waals surface area (Å²) in [5.41, 5.74) is 0.857. The highest BCUT2D eigenvalue weighted by Crippen LogP contribution is 2.32. The minimum absolute atomic E-state index is 0.0799. The highest BCUT2D eigenvalue weighted by Gasteiger charge is 2.11. The van der Waals surface area contributed by atoms with Gasteiger partial charge in [-0.2, -0.15) is 0 Å². The van der Waals surface area contributed by atoms with Gasteiger partial charge in [0.2, 0.25) is 0 Å². The van der Waals surface area contributed by atoms with Gasteiger partial charge in [-0.15, -0.1) is 0 Å². The van der Waals surface area contributed by atoms with Crippen molar-refractivity contribution in [3.8, 4) is 11.5 Å². The molecule has 1 N–H and O–H groups in total. The molecule has 0 aliphatic rings. The molecule has 0 aliphatic carbocycles. The lowest BCUT2D eigenvalue weighted by atomic mass is 10.2. The van der Waals surface area contributed by atoms with Crippen LogP contribution in [-0.4, -0.2) is 17.0 Å². The van der Waals surface area contributed by atoms with E-state index < -0.39 is 4.92 Å². The lowest BCUT2D eigenvalue weighted by Crippen LogP contribution is -2.05. The quantitative estimate of drug-likeness (QED) is 0.677. The molecule has 0 saturated heterocycles. The molecule has 1 heterocycles. The molecule has 6 nitrogen and oxygen atoms in total. The third-order valence-electron chi connectivity index (χ3n) is 2.50. The van der Waals surface area contributed by atoms with E-state index in [0.717, 1.165) is 5.56 Å². The molecule has 0 amide bonds. The number of rotatable bonds is 5. The fourth-order valence-electron chi connectivity index (χ4n) is 1.63. The highest BCUT2D eigenvalue weighted by atomic mass is 35.5. The Hall–Kier alpha value is -2.18. The second-order valence-corrected chi connectivity index (χ2v) is 4.44. The Labute approximate surface area is 120 Å². The zero-order valence-electron chi connectivity index (χ0n) is 10.7. The predicted octanol–water partition coefficient (Wildman–Crippen LogP) is 3.15. The molecule has 0 bridgehead atoms. The first-order valence-corrected chi connectivity index (χ1v) is 6.18. The molecular weight excluding hydrogens is 282 g/mol. The normalized spacial score (nSPS) is 10.3. The summed E-state index contributed by atoms with van der Waals surface area (Å²) in [7, 11) is 1.82. The summed E-state index contributed by atoms with van der Waals surface area (Å²) < 4.78 is 5.56. The fraction of sp³-hybridized carbons (Fsp3) is 0.154. The van der Waals surface area contributed by atoms with Gasteiger partial charge in [-0.1, -0.05) is 11.6 Å². The van der Waals surface area contributed by atoms with Crippen molar-refractivity contribution in [3.05, 3.63) is 57.4 Å². The Bertz CT molecular complexity index is 634. The summed E-state index contributed by atoms with van der Waals surface area (Å²) in [5.74, 6) is 0.699. The number of nitro groups is 1. The van der Waals surface area contributed by atoms with E-state index in [2.05, 4.69) is 10.3 Å². The lowest BCUT2D eigenvalue weighted by Gasteiger charge is -2.08. The smallest absolute Gasteiger partial charge is 0.273 e. The van der Waals surface area contributed by atoms with E-state index >= 15 is 0 Å². The number of hydrogen-bond donors (Lipinski definition) is 1. The maximum Gasteiger partial charge on any atom is 0.273 e. The molecule has 2 rings (SSSR count). The van der Waals surface area contributed by atoms with Crippen molar-refractivity contribution in [1.29, 1.82) is 0 Å². The Morgan fingerprint density at radius 3 is 2.90 bits per heavy atom. The number of nitrogens with one attached hydrogen (secondary N) is 1. The van der Waals surface area contributed by atoms with Crippen LogP contribution < -0.4 is 10.1 Å². The molecular formula is C13H12ClN3O3. The molecule has 0 atom stereocenters. The lowest BCUT2D eigenvalue weighted by molar-refractivity contribution is -0.384. The summed E-state index contributed by atoms with van der Waals surface area (Å²) in [6.07, 6.45) is 3.23. The molecule has 2 aromatic rings. The molecule has 0 radical (unpaired) electrons. The van der Waals surface area contributed by atoms with Crippen LogP contribution in [-0.2, 0) is 6.54 Å². The van der Waals surface area contributed by atoms with Gasteiger partial charge in [0.15, 0.2) is 5.75 Å². The summed E-state index contributed by atoms with van der Waals surface area (Å²) in [6, 6.07) is 5.83. The Morgan fingerprint density at radius 2 is 2.20 bits per heavy atom.